The third kappa shape index (κ3) is 2.87. The van der Waals surface area contributed by atoms with E-state index in [1.54, 1.807) is 12.1 Å². The summed E-state index contributed by atoms with van der Waals surface area (Å²) in [5.41, 5.74) is 6.26. The first-order valence-corrected chi connectivity index (χ1v) is 6.65. The zero-order chi connectivity index (χ0) is 13.8. The number of rotatable bonds is 5. The predicted molar refractivity (Wildman–Crippen MR) is 74.1 cm³/mol. The van der Waals surface area contributed by atoms with E-state index in [1.165, 1.54) is 6.07 Å². The highest BCUT2D eigenvalue weighted by atomic mass is 19.1. The Hall–Kier alpha value is -1.62. The highest BCUT2D eigenvalue weighted by molar-refractivity contribution is 6.00. The maximum Gasteiger partial charge on any atom is 0.136 e. The van der Waals surface area contributed by atoms with Gasteiger partial charge in [-0.1, -0.05) is 18.9 Å². The first kappa shape index (κ1) is 13.8. The molecule has 1 aromatic rings. The van der Waals surface area contributed by atoms with Crippen LogP contribution in [0.2, 0.25) is 0 Å². The highest BCUT2D eigenvalue weighted by Crippen LogP contribution is 2.31. The topological polar surface area (TPSA) is 73.3 Å². The van der Waals surface area contributed by atoms with Gasteiger partial charge in [-0.25, -0.2) is 4.39 Å². The molecule has 104 valence electrons. The molecule has 0 aliphatic heterocycles. The van der Waals surface area contributed by atoms with Gasteiger partial charge in [0.2, 0.25) is 0 Å². The van der Waals surface area contributed by atoms with Gasteiger partial charge in [0.25, 0.3) is 0 Å². The third-order valence-corrected chi connectivity index (χ3v) is 3.68. The SMILES string of the molecule is N=C(N)c1c(F)cccc1N(CCO)C1CCCC1. The van der Waals surface area contributed by atoms with E-state index in [0.29, 0.717) is 18.3 Å². The minimum absolute atomic E-state index is 0.00432. The van der Waals surface area contributed by atoms with Gasteiger partial charge in [0.1, 0.15) is 11.7 Å². The molecule has 1 fully saturated rings. The molecule has 0 heterocycles. The largest absolute Gasteiger partial charge is 0.395 e. The van der Waals surface area contributed by atoms with Crippen LogP contribution >= 0.6 is 0 Å². The fourth-order valence-corrected chi connectivity index (χ4v) is 2.84. The summed E-state index contributed by atoms with van der Waals surface area (Å²) in [5, 5.41) is 16.8. The van der Waals surface area contributed by atoms with Crippen LogP contribution in [0.5, 0.6) is 0 Å². The van der Waals surface area contributed by atoms with Crippen molar-refractivity contribution in [3.05, 3.63) is 29.6 Å². The van der Waals surface area contributed by atoms with Crippen LogP contribution in [0.25, 0.3) is 0 Å². The number of aliphatic hydroxyl groups is 1. The van der Waals surface area contributed by atoms with Crippen molar-refractivity contribution >= 4 is 11.5 Å². The van der Waals surface area contributed by atoms with E-state index in [-0.39, 0.29) is 18.0 Å². The number of hydrogen-bond acceptors (Lipinski definition) is 3. The smallest absolute Gasteiger partial charge is 0.136 e. The molecule has 0 saturated heterocycles. The van der Waals surface area contributed by atoms with Crippen molar-refractivity contribution < 1.29 is 9.50 Å². The number of nitrogens with zero attached hydrogens (tertiary/aromatic N) is 1. The van der Waals surface area contributed by atoms with Crippen LogP contribution in [0.15, 0.2) is 18.2 Å². The van der Waals surface area contributed by atoms with Gasteiger partial charge in [-0.05, 0) is 25.0 Å². The Labute approximate surface area is 112 Å². The number of amidine groups is 1. The minimum Gasteiger partial charge on any atom is -0.395 e. The van der Waals surface area contributed by atoms with Crippen LogP contribution in [0.3, 0.4) is 0 Å². The number of nitrogens with one attached hydrogen (secondary N) is 1. The van der Waals surface area contributed by atoms with Gasteiger partial charge in [0.15, 0.2) is 0 Å². The molecule has 0 spiro atoms. The lowest BCUT2D eigenvalue weighted by Crippen LogP contribution is -2.37. The van der Waals surface area contributed by atoms with E-state index < -0.39 is 5.82 Å². The van der Waals surface area contributed by atoms with E-state index in [0.717, 1.165) is 25.7 Å². The van der Waals surface area contributed by atoms with Crippen molar-refractivity contribution in [3.8, 4) is 0 Å². The first-order chi connectivity index (χ1) is 9.15. The summed E-state index contributed by atoms with van der Waals surface area (Å²) in [5.74, 6) is -0.750. The molecule has 0 aromatic heterocycles. The van der Waals surface area contributed by atoms with Crippen LogP contribution in [0, 0.1) is 11.2 Å². The lowest BCUT2D eigenvalue weighted by Gasteiger charge is -2.32. The number of anilines is 1. The number of benzene rings is 1. The Morgan fingerprint density at radius 1 is 1.42 bits per heavy atom. The summed E-state index contributed by atoms with van der Waals surface area (Å²) in [4.78, 5) is 1.99. The van der Waals surface area contributed by atoms with E-state index in [1.807, 2.05) is 4.90 Å². The molecular weight excluding hydrogens is 245 g/mol. The second-order valence-electron chi connectivity index (χ2n) is 4.90. The van der Waals surface area contributed by atoms with Gasteiger partial charge < -0.3 is 15.7 Å². The highest BCUT2D eigenvalue weighted by Gasteiger charge is 2.25. The average molecular weight is 265 g/mol. The number of hydrogen-bond donors (Lipinski definition) is 3. The average Bonchev–Trinajstić information content (AvgIpc) is 2.88. The third-order valence-electron chi connectivity index (χ3n) is 3.68. The maximum atomic E-state index is 13.9. The first-order valence-electron chi connectivity index (χ1n) is 6.65. The Morgan fingerprint density at radius 2 is 2.11 bits per heavy atom. The molecule has 0 unspecified atom stereocenters. The van der Waals surface area contributed by atoms with Crippen molar-refractivity contribution in [2.24, 2.45) is 5.73 Å². The normalized spacial score (nSPS) is 15.7. The van der Waals surface area contributed by atoms with Gasteiger partial charge in [0, 0.05) is 12.6 Å². The molecule has 4 nitrogen and oxygen atoms in total. The molecule has 1 aromatic carbocycles. The van der Waals surface area contributed by atoms with Crippen molar-refractivity contribution in [1.29, 1.82) is 5.41 Å². The second-order valence-corrected chi connectivity index (χ2v) is 4.90. The maximum absolute atomic E-state index is 13.9. The summed E-state index contributed by atoms with van der Waals surface area (Å²) < 4.78 is 13.9. The molecule has 0 bridgehead atoms. The molecule has 19 heavy (non-hydrogen) atoms. The van der Waals surface area contributed by atoms with Crippen molar-refractivity contribution in [2.45, 2.75) is 31.7 Å². The van der Waals surface area contributed by atoms with Crippen molar-refractivity contribution in [2.75, 3.05) is 18.1 Å². The fourth-order valence-electron chi connectivity index (χ4n) is 2.84. The van der Waals surface area contributed by atoms with Crippen LogP contribution in [0.1, 0.15) is 31.2 Å². The van der Waals surface area contributed by atoms with Crippen molar-refractivity contribution in [1.82, 2.24) is 0 Å². The molecule has 1 saturated carbocycles. The molecule has 0 atom stereocenters. The number of nitrogen functional groups attached to an aromatic ring is 1. The van der Waals surface area contributed by atoms with E-state index >= 15 is 0 Å². The van der Waals surface area contributed by atoms with Gasteiger partial charge in [-0.15, -0.1) is 0 Å². The molecule has 5 heteroatoms. The Morgan fingerprint density at radius 3 is 2.68 bits per heavy atom. The molecule has 2 rings (SSSR count). The summed E-state index contributed by atoms with van der Waals surface area (Å²) in [6.45, 7) is 0.443. The quantitative estimate of drug-likeness (QED) is 0.562. The van der Waals surface area contributed by atoms with Crippen LogP contribution in [0.4, 0.5) is 10.1 Å². The monoisotopic (exact) mass is 265 g/mol. The molecule has 1 aliphatic rings. The number of halogens is 1. The van der Waals surface area contributed by atoms with Gasteiger partial charge in [-0.2, -0.15) is 0 Å². The predicted octanol–water partition coefficient (Wildman–Crippen LogP) is 1.85. The second kappa shape index (κ2) is 6.02. The number of aliphatic hydroxyl groups excluding tert-OH is 1. The zero-order valence-corrected chi connectivity index (χ0v) is 10.9. The Balaban J connectivity index is 2.40. The van der Waals surface area contributed by atoms with Crippen LogP contribution < -0.4 is 10.6 Å². The van der Waals surface area contributed by atoms with E-state index in [9.17, 15) is 9.50 Å². The lowest BCUT2D eigenvalue weighted by molar-refractivity contribution is 0.297. The Kier molecular flexibility index (Phi) is 4.37. The summed E-state index contributed by atoms with van der Waals surface area (Å²) >= 11 is 0. The summed E-state index contributed by atoms with van der Waals surface area (Å²) in [6.07, 6.45) is 4.37. The van der Waals surface area contributed by atoms with Crippen molar-refractivity contribution in [3.63, 3.8) is 0 Å². The minimum atomic E-state index is -0.481. The van der Waals surface area contributed by atoms with Crippen LogP contribution in [-0.2, 0) is 0 Å². The fraction of sp³-hybridized carbons (Fsp3) is 0.500. The van der Waals surface area contributed by atoms with Gasteiger partial charge in [0.05, 0.1) is 17.9 Å². The van der Waals surface area contributed by atoms with Gasteiger partial charge in [-0.3, -0.25) is 5.41 Å². The molecule has 1 aliphatic carbocycles. The molecule has 0 radical (unpaired) electrons. The van der Waals surface area contributed by atoms with Crippen LogP contribution in [-0.4, -0.2) is 30.1 Å². The molecule has 4 N–H and O–H groups in total. The number of nitrogens with two attached hydrogens (primary N) is 1. The summed E-state index contributed by atoms with van der Waals surface area (Å²) in [7, 11) is 0. The van der Waals surface area contributed by atoms with E-state index in [4.69, 9.17) is 11.1 Å². The zero-order valence-electron chi connectivity index (χ0n) is 10.9. The standard InChI is InChI=1S/C14H20FN3O/c15-11-6-3-7-12(13(11)14(16)17)18(8-9-19)10-4-1-2-5-10/h3,6-7,10,19H,1-2,4-5,8-9H2,(H3,16,17). The van der Waals surface area contributed by atoms with Gasteiger partial charge >= 0.3 is 0 Å². The summed E-state index contributed by atoms with van der Waals surface area (Å²) in [6, 6.07) is 5.00. The Bertz CT molecular complexity index is 458. The lowest BCUT2D eigenvalue weighted by atomic mass is 10.1. The van der Waals surface area contributed by atoms with E-state index in [2.05, 4.69) is 0 Å². The molecular formula is C14H20FN3O. The molecule has 0 amide bonds.